The Morgan fingerprint density at radius 1 is 0.586 bits per heavy atom. The quantitative estimate of drug-likeness (QED) is 0.0590. The molecule has 1 saturated carbocycles. The maximum absolute atomic E-state index is 12.9. The van der Waals surface area contributed by atoms with E-state index in [1.54, 1.807) is 0 Å². The first kappa shape index (κ1) is 45.1. The van der Waals surface area contributed by atoms with Crippen molar-refractivity contribution in [3.8, 4) is 17.2 Å². The second-order valence-corrected chi connectivity index (χ2v) is 30.0. The Kier molecular flexibility index (Phi) is 15.4. The molecule has 0 unspecified atom stereocenters. The van der Waals surface area contributed by atoms with Crippen LogP contribution in [-0.4, -0.2) is 44.6 Å². The van der Waals surface area contributed by atoms with Gasteiger partial charge in [-0.3, -0.25) is 0 Å². The highest BCUT2D eigenvalue weighted by Crippen LogP contribution is 2.45. The third-order valence-electron chi connectivity index (χ3n) is 11.2. The lowest BCUT2D eigenvalue weighted by Crippen LogP contribution is -2.52. The topological polar surface area (TPSA) is 89.5 Å². The highest BCUT2D eigenvalue weighted by molar-refractivity contribution is 6.87. The van der Waals surface area contributed by atoms with Gasteiger partial charge in [-0.25, -0.2) is 9.59 Å². The van der Waals surface area contributed by atoms with Gasteiger partial charge in [-0.1, -0.05) is 86.0 Å². The van der Waals surface area contributed by atoms with E-state index in [9.17, 15) is 9.59 Å². The minimum Gasteiger partial charge on any atom is -0.437 e. The van der Waals surface area contributed by atoms with Crippen LogP contribution in [0.15, 0.2) is 91.0 Å². The highest BCUT2D eigenvalue weighted by Gasteiger charge is 2.39. The monoisotopic (exact) mass is 840 g/mol. The summed E-state index contributed by atoms with van der Waals surface area (Å²) in [6, 6.07) is 32.7. The summed E-state index contributed by atoms with van der Waals surface area (Å²) in [7, 11) is -5.01. The summed E-state index contributed by atoms with van der Waals surface area (Å²) in [5, 5.41) is 0. The minimum absolute atomic E-state index is 0.00271. The summed E-state index contributed by atoms with van der Waals surface area (Å²) in [6.45, 7) is 17.5. The highest BCUT2D eigenvalue weighted by atomic mass is 28.5. The first-order valence-corrected chi connectivity index (χ1v) is 29.9. The summed E-state index contributed by atoms with van der Waals surface area (Å²) >= 11 is 0. The van der Waals surface area contributed by atoms with E-state index < -0.39 is 37.5 Å². The second-order valence-electron chi connectivity index (χ2n) is 17.6. The van der Waals surface area contributed by atoms with Crippen LogP contribution in [0, 0.1) is 13.8 Å². The zero-order valence-corrected chi connectivity index (χ0v) is 39.2. The lowest BCUT2D eigenvalue weighted by Gasteiger charge is -2.39. The number of methoxy groups -OCH3 is 1. The van der Waals surface area contributed by atoms with Crippen LogP contribution in [0.25, 0.3) is 0 Å². The molecule has 0 bridgehead atoms. The average Bonchev–Trinajstić information content (AvgIpc) is 3.16. The third-order valence-corrected chi connectivity index (χ3v) is 22.7. The Hall–Kier alpha value is -4.01. The van der Waals surface area contributed by atoms with Crippen LogP contribution in [-0.2, 0) is 31.2 Å². The molecule has 4 aromatic carbocycles. The van der Waals surface area contributed by atoms with E-state index in [1.165, 1.54) is 48.6 Å². The number of benzene rings is 4. The molecule has 4 aromatic rings. The standard InChI is InChI=1S/C47H64O8Si3/c1-36-34-38(22-28-43(36)52-45(48)50-3)18-16-32-56(4,5)54-58(8,9)55-57(6,7)33-17-19-39-23-29-44(37(2)35-39)53-46(49)51-42-26-24-41(25-27-42)47(30-14-11-15-31-47)40-20-12-10-13-21-40/h10,12-13,20-29,34-35H,11,14-19,30-33H2,1-9H3. The van der Waals surface area contributed by atoms with E-state index in [0.29, 0.717) is 17.2 Å². The normalized spacial score (nSPS) is 14.4. The molecule has 0 aromatic heterocycles. The van der Waals surface area contributed by atoms with Gasteiger partial charge in [0, 0.05) is 5.41 Å². The van der Waals surface area contributed by atoms with Crippen molar-refractivity contribution in [2.45, 2.75) is 128 Å². The van der Waals surface area contributed by atoms with Crippen molar-refractivity contribution < 1.29 is 36.8 Å². The van der Waals surface area contributed by atoms with Crippen molar-refractivity contribution in [3.63, 3.8) is 0 Å². The summed E-state index contributed by atoms with van der Waals surface area (Å²) in [4.78, 5) is 24.4. The Morgan fingerprint density at radius 3 is 1.55 bits per heavy atom. The molecule has 0 saturated heterocycles. The second kappa shape index (κ2) is 19.8. The van der Waals surface area contributed by atoms with Gasteiger partial charge in [0.15, 0.2) is 16.6 Å². The van der Waals surface area contributed by atoms with Crippen molar-refractivity contribution in [1.82, 2.24) is 0 Å². The maximum atomic E-state index is 12.9. The van der Waals surface area contributed by atoms with Crippen LogP contribution in [0.5, 0.6) is 17.2 Å². The number of carbonyl (C=O) groups is 2. The van der Waals surface area contributed by atoms with Crippen molar-refractivity contribution >= 4 is 37.5 Å². The summed E-state index contributed by atoms with van der Waals surface area (Å²) in [5.41, 5.74) is 6.84. The Morgan fingerprint density at radius 2 is 1.07 bits per heavy atom. The zero-order valence-electron chi connectivity index (χ0n) is 36.2. The fraction of sp³-hybridized carbons (Fsp3) is 0.447. The Balaban J connectivity index is 1.05. The molecule has 0 atom stereocenters. The van der Waals surface area contributed by atoms with Crippen LogP contribution in [0.2, 0.25) is 51.4 Å². The number of aryl methyl sites for hydroxylation is 4. The number of carbonyl (C=O) groups excluding carboxylic acids is 2. The molecule has 1 aliphatic rings. The molecule has 0 aliphatic heterocycles. The largest absolute Gasteiger partial charge is 0.519 e. The maximum Gasteiger partial charge on any atom is 0.519 e. The molecular formula is C47H64O8Si3. The molecule has 312 valence electrons. The summed E-state index contributed by atoms with van der Waals surface area (Å²) in [5.74, 6) is 1.50. The lowest BCUT2D eigenvalue weighted by atomic mass is 9.65. The average molecular weight is 841 g/mol. The van der Waals surface area contributed by atoms with Crippen LogP contribution >= 0.6 is 0 Å². The predicted molar refractivity (Wildman–Crippen MR) is 240 cm³/mol. The smallest absolute Gasteiger partial charge is 0.437 e. The van der Waals surface area contributed by atoms with Crippen molar-refractivity contribution in [1.29, 1.82) is 0 Å². The van der Waals surface area contributed by atoms with Gasteiger partial charge in [-0.15, -0.1) is 0 Å². The summed E-state index contributed by atoms with van der Waals surface area (Å²) in [6.07, 6.45) is 8.37. The summed E-state index contributed by atoms with van der Waals surface area (Å²) < 4.78 is 34.9. The fourth-order valence-electron chi connectivity index (χ4n) is 8.69. The molecule has 8 nitrogen and oxygen atoms in total. The van der Waals surface area contributed by atoms with Crippen molar-refractivity contribution in [2.24, 2.45) is 0 Å². The van der Waals surface area contributed by atoms with Gasteiger partial charge in [-0.05, 0) is 161 Å². The number of hydrogen-bond acceptors (Lipinski definition) is 8. The SMILES string of the molecule is COC(=O)Oc1ccc(CCC[Si](C)(C)O[Si](C)(C)O[Si](C)(C)CCCc2ccc(OC(=O)Oc3ccc(C4(c5ccccc5)CCCCC4)cc3)c(C)c2)cc1C. The van der Waals surface area contributed by atoms with E-state index in [-0.39, 0.29) is 5.41 Å². The number of rotatable bonds is 17. The van der Waals surface area contributed by atoms with Gasteiger partial charge in [0.1, 0.15) is 17.2 Å². The van der Waals surface area contributed by atoms with Gasteiger partial charge in [0.2, 0.25) is 0 Å². The van der Waals surface area contributed by atoms with Crippen LogP contribution in [0.3, 0.4) is 0 Å². The van der Waals surface area contributed by atoms with Gasteiger partial charge in [-0.2, -0.15) is 0 Å². The van der Waals surface area contributed by atoms with Crippen LogP contribution < -0.4 is 14.2 Å². The van der Waals surface area contributed by atoms with E-state index in [0.717, 1.165) is 61.7 Å². The van der Waals surface area contributed by atoms with Gasteiger partial charge < -0.3 is 27.2 Å². The number of hydrogen-bond donors (Lipinski definition) is 0. The van der Waals surface area contributed by atoms with Crippen LogP contribution in [0.4, 0.5) is 9.59 Å². The van der Waals surface area contributed by atoms with Gasteiger partial charge in [0.25, 0.3) is 0 Å². The Labute approximate surface area is 350 Å². The van der Waals surface area contributed by atoms with Crippen molar-refractivity contribution in [3.05, 3.63) is 124 Å². The molecule has 0 radical (unpaired) electrons. The molecule has 1 aliphatic carbocycles. The van der Waals surface area contributed by atoms with Gasteiger partial charge >= 0.3 is 20.9 Å². The first-order valence-electron chi connectivity index (χ1n) is 20.9. The molecule has 0 N–H and O–H groups in total. The van der Waals surface area contributed by atoms with E-state index in [1.807, 2.05) is 50.2 Å². The molecule has 0 amide bonds. The molecule has 1 fully saturated rings. The first-order chi connectivity index (χ1) is 27.5. The zero-order chi connectivity index (χ0) is 42.0. The van der Waals surface area contributed by atoms with Gasteiger partial charge in [0.05, 0.1) is 7.11 Å². The van der Waals surface area contributed by atoms with E-state index in [2.05, 4.69) is 98.6 Å². The lowest BCUT2D eigenvalue weighted by molar-refractivity contribution is 0.121. The molecule has 0 spiro atoms. The Bertz CT molecular complexity index is 1970. The predicted octanol–water partition coefficient (Wildman–Crippen LogP) is 13.0. The third kappa shape index (κ3) is 13.0. The molecule has 58 heavy (non-hydrogen) atoms. The van der Waals surface area contributed by atoms with E-state index in [4.69, 9.17) is 22.4 Å². The number of ether oxygens (including phenoxy) is 4. The fourth-order valence-corrected chi connectivity index (χ4v) is 22.8. The molecular weight excluding hydrogens is 777 g/mol. The molecule has 0 heterocycles. The molecule has 5 rings (SSSR count). The molecule has 11 heteroatoms. The van der Waals surface area contributed by atoms with E-state index >= 15 is 0 Å². The van der Waals surface area contributed by atoms with Crippen molar-refractivity contribution in [2.75, 3.05) is 7.11 Å². The minimum atomic E-state index is -2.35. The van der Waals surface area contributed by atoms with Crippen LogP contribution in [0.1, 0.15) is 78.3 Å².